The summed E-state index contributed by atoms with van der Waals surface area (Å²) in [6, 6.07) is 18.3. The van der Waals surface area contributed by atoms with E-state index in [1.807, 2.05) is 30.3 Å². The molecule has 1 aromatic heterocycles. The van der Waals surface area contributed by atoms with Crippen LogP contribution in [0.1, 0.15) is 23.2 Å². The van der Waals surface area contributed by atoms with Crippen LogP contribution in [-0.2, 0) is 10.0 Å². The Kier molecular flexibility index (Phi) is 5.35. The third-order valence-corrected chi connectivity index (χ3v) is 7.59. The fourth-order valence-electron chi connectivity index (χ4n) is 3.93. The fraction of sp³-hybridized carbons (Fsp3) is 0.167. The lowest BCUT2D eigenvalue weighted by Gasteiger charge is -2.16. The number of phenols is 1. The van der Waals surface area contributed by atoms with Gasteiger partial charge >= 0.3 is 0 Å². The van der Waals surface area contributed by atoms with Gasteiger partial charge in [0.25, 0.3) is 5.91 Å². The number of aromatic nitrogens is 1. The van der Waals surface area contributed by atoms with Crippen molar-refractivity contribution in [1.82, 2.24) is 9.46 Å². The summed E-state index contributed by atoms with van der Waals surface area (Å²) < 4.78 is 32.6. The maximum Gasteiger partial charge on any atom is 0.255 e. The van der Waals surface area contributed by atoms with Crippen LogP contribution >= 0.6 is 0 Å². The Bertz CT molecular complexity index is 1440. The predicted molar refractivity (Wildman–Crippen MR) is 123 cm³/mol. The fourth-order valence-corrected chi connectivity index (χ4v) is 5.47. The highest BCUT2D eigenvalue weighted by Gasteiger charge is 2.28. The molecule has 0 unspecified atom stereocenters. The van der Waals surface area contributed by atoms with Crippen LogP contribution in [0, 0.1) is 0 Å². The zero-order chi connectivity index (χ0) is 23.0. The van der Waals surface area contributed by atoms with Gasteiger partial charge in [-0.15, -0.1) is 0 Å². The zero-order valence-electron chi connectivity index (χ0n) is 17.6. The highest BCUT2D eigenvalue weighted by atomic mass is 32.2. The van der Waals surface area contributed by atoms with E-state index in [4.69, 9.17) is 4.52 Å². The van der Waals surface area contributed by atoms with Crippen LogP contribution < -0.4 is 5.32 Å². The van der Waals surface area contributed by atoms with E-state index in [0.717, 1.165) is 18.4 Å². The number of fused-ring (bicyclic) bond motifs is 1. The van der Waals surface area contributed by atoms with E-state index in [1.165, 1.54) is 22.5 Å². The molecule has 9 heteroatoms. The molecule has 168 valence electrons. The Labute approximate surface area is 190 Å². The van der Waals surface area contributed by atoms with E-state index < -0.39 is 15.9 Å². The molecule has 5 rings (SSSR count). The van der Waals surface area contributed by atoms with Gasteiger partial charge in [-0.1, -0.05) is 35.5 Å². The topological polar surface area (TPSA) is 113 Å². The highest BCUT2D eigenvalue weighted by molar-refractivity contribution is 7.89. The average molecular weight is 464 g/mol. The SMILES string of the molecule is O=C(Nc1cc(S(=O)(=O)N2CCCC2)ccc1O)c1ccc2noc(-c3ccccc3)c2c1. The van der Waals surface area contributed by atoms with Crippen molar-refractivity contribution < 1.29 is 22.8 Å². The van der Waals surface area contributed by atoms with Crippen LogP contribution in [0.15, 0.2) is 76.1 Å². The first-order chi connectivity index (χ1) is 15.9. The normalized spacial score (nSPS) is 14.5. The number of carbonyl (C=O) groups is 1. The molecule has 0 atom stereocenters. The Hall–Kier alpha value is -3.69. The third-order valence-electron chi connectivity index (χ3n) is 5.69. The average Bonchev–Trinajstić information content (AvgIpc) is 3.51. The lowest BCUT2D eigenvalue weighted by molar-refractivity contribution is 0.102. The summed E-state index contributed by atoms with van der Waals surface area (Å²) in [5.74, 6) is -0.176. The number of phenolic OH excluding ortho intramolecular Hbond substituents is 1. The number of benzene rings is 3. The summed E-state index contributed by atoms with van der Waals surface area (Å²) in [6.45, 7) is 0.931. The Morgan fingerprint density at radius 1 is 1.00 bits per heavy atom. The Morgan fingerprint density at radius 2 is 1.76 bits per heavy atom. The standard InChI is InChI=1S/C24H21N3O5S/c28-22-11-9-18(33(30,31)27-12-4-5-13-27)15-21(22)25-24(29)17-8-10-20-19(14-17)23(32-26-20)16-6-2-1-3-7-16/h1-3,6-11,14-15,28H,4-5,12-13H2,(H,25,29). The lowest BCUT2D eigenvalue weighted by Crippen LogP contribution is -2.28. The number of nitrogens with one attached hydrogen (secondary N) is 1. The third kappa shape index (κ3) is 3.96. The van der Waals surface area contributed by atoms with Gasteiger partial charge in [-0.2, -0.15) is 4.31 Å². The van der Waals surface area contributed by atoms with Gasteiger partial charge in [-0.25, -0.2) is 8.42 Å². The number of rotatable bonds is 5. The second kappa shape index (κ2) is 8.34. The van der Waals surface area contributed by atoms with Gasteiger partial charge in [0.1, 0.15) is 11.3 Å². The largest absolute Gasteiger partial charge is 0.506 e. The van der Waals surface area contributed by atoms with Gasteiger partial charge in [-0.3, -0.25) is 4.79 Å². The van der Waals surface area contributed by atoms with Crippen LogP contribution in [-0.4, -0.2) is 42.0 Å². The molecular weight excluding hydrogens is 442 g/mol. The Balaban J connectivity index is 1.45. The number of carbonyl (C=O) groups excluding carboxylic acids is 1. The molecule has 0 radical (unpaired) electrons. The van der Waals surface area contributed by atoms with Gasteiger partial charge in [0.05, 0.1) is 16.0 Å². The minimum Gasteiger partial charge on any atom is -0.506 e. The van der Waals surface area contributed by atoms with Crippen LogP contribution in [0.4, 0.5) is 5.69 Å². The molecule has 33 heavy (non-hydrogen) atoms. The van der Waals surface area contributed by atoms with Gasteiger partial charge in [0.15, 0.2) is 5.76 Å². The first kappa shape index (κ1) is 21.2. The second-order valence-electron chi connectivity index (χ2n) is 7.85. The highest BCUT2D eigenvalue weighted by Crippen LogP contribution is 2.31. The molecule has 2 N–H and O–H groups in total. The van der Waals surface area contributed by atoms with Crippen molar-refractivity contribution in [2.24, 2.45) is 0 Å². The van der Waals surface area contributed by atoms with Crippen molar-refractivity contribution in [3.8, 4) is 17.1 Å². The Morgan fingerprint density at radius 3 is 2.52 bits per heavy atom. The maximum atomic E-state index is 13.0. The molecule has 0 aliphatic carbocycles. The van der Waals surface area contributed by atoms with E-state index in [1.54, 1.807) is 18.2 Å². The summed E-state index contributed by atoms with van der Waals surface area (Å²) >= 11 is 0. The molecular formula is C24H21N3O5S. The van der Waals surface area contributed by atoms with Crippen molar-refractivity contribution >= 4 is 32.5 Å². The first-order valence-electron chi connectivity index (χ1n) is 10.5. The van der Waals surface area contributed by atoms with Crippen LogP contribution in [0.25, 0.3) is 22.2 Å². The van der Waals surface area contributed by atoms with Gasteiger partial charge < -0.3 is 14.9 Å². The van der Waals surface area contributed by atoms with E-state index in [2.05, 4.69) is 10.5 Å². The summed E-state index contributed by atoms with van der Waals surface area (Å²) in [7, 11) is -3.69. The molecule has 0 saturated carbocycles. The number of hydrogen-bond acceptors (Lipinski definition) is 6. The molecule has 1 fully saturated rings. The van der Waals surface area contributed by atoms with Crippen molar-refractivity contribution in [2.75, 3.05) is 18.4 Å². The van der Waals surface area contributed by atoms with E-state index in [0.29, 0.717) is 35.3 Å². The molecule has 2 heterocycles. The summed E-state index contributed by atoms with van der Waals surface area (Å²) in [5.41, 5.74) is 1.77. The minimum absolute atomic E-state index is 0.0222. The molecule has 1 aliphatic rings. The number of hydrogen-bond donors (Lipinski definition) is 2. The van der Waals surface area contributed by atoms with E-state index >= 15 is 0 Å². The molecule has 4 aromatic rings. The summed E-state index contributed by atoms with van der Waals surface area (Å²) in [6.07, 6.45) is 1.63. The van der Waals surface area contributed by atoms with Crippen LogP contribution in [0.5, 0.6) is 5.75 Å². The molecule has 0 spiro atoms. The van der Waals surface area contributed by atoms with Crippen molar-refractivity contribution in [2.45, 2.75) is 17.7 Å². The smallest absolute Gasteiger partial charge is 0.255 e. The van der Waals surface area contributed by atoms with Crippen LogP contribution in [0.2, 0.25) is 0 Å². The van der Waals surface area contributed by atoms with Gasteiger partial charge in [0.2, 0.25) is 10.0 Å². The van der Waals surface area contributed by atoms with E-state index in [9.17, 15) is 18.3 Å². The van der Waals surface area contributed by atoms with Gasteiger partial charge in [0, 0.05) is 24.2 Å². The number of sulfonamides is 1. The molecule has 1 aliphatic heterocycles. The number of nitrogens with zero attached hydrogens (tertiary/aromatic N) is 2. The number of aromatic hydroxyl groups is 1. The summed E-state index contributed by atoms with van der Waals surface area (Å²) in [5, 5.41) is 17.6. The van der Waals surface area contributed by atoms with Gasteiger partial charge in [-0.05, 0) is 49.2 Å². The monoisotopic (exact) mass is 463 g/mol. The lowest BCUT2D eigenvalue weighted by atomic mass is 10.1. The van der Waals surface area contributed by atoms with Crippen molar-refractivity contribution in [3.63, 3.8) is 0 Å². The maximum absolute atomic E-state index is 13.0. The summed E-state index contributed by atoms with van der Waals surface area (Å²) in [4.78, 5) is 13.0. The molecule has 1 saturated heterocycles. The second-order valence-corrected chi connectivity index (χ2v) is 9.79. The first-order valence-corrected chi connectivity index (χ1v) is 12.0. The predicted octanol–water partition coefficient (Wildman–Crippen LogP) is 4.24. The number of amides is 1. The van der Waals surface area contributed by atoms with Crippen LogP contribution in [0.3, 0.4) is 0 Å². The minimum atomic E-state index is -3.69. The van der Waals surface area contributed by atoms with E-state index in [-0.39, 0.29) is 16.3 Å². The molecule has 3 aromatic carbocycles. The number of anilines is 1. The quantitative estimate of drug-likeness (QED) is 0.428. The molecule has 0 bridgehead atoms. The molecule has 8 nitrogen and oxygen atoms in total. The zero-order valence-corrected chi connectivity index (χ0v) is 18.4. The van der Waals surface area contributed by atoms with Crippen molar-refractivity contribution in [1.29, 1.82) is 0 Å². The van der Waals surface area contributed by atoms with Crippen molar-refractivity contribution in [3.05, 3.63) is 72.3 Å². The molecule has 1 amide bonds.